The van der Waals surface area contributed by atoms with Gasteiger partial charge in [-0.1, -0.05) is 42.5 Å². The van der Waals surface area contributed by atoms with Gasteiger partial charge in [0, 0.05) is 0 Å². The third-order valence-electron chi connectivity index (χ3n) is 5.28. The zero-order valence-corrected chi connectivity index (χ0v) is 25.2. The van der Waals surface area contributed by atoms with Crippen molar-refractivity contribution in [3.8, 4) is 0 Å². The standard InChI is InChI=1S/C13H9.C9H7.2C6H5.CH3.2ClH.Zr/c1-3-7-12-10(5-1)9-11-6-2-4-8-13(11)12;1-2-5-9-7-3-6-8(9)4-1;2*1-2-4-6-5-3-1;;;;/h1-9H;1-7H;2*1-5H;1H3;2*1H;/q5*-1;;;+2/p-2. The Kier molecular flexibility index (Phi) is 18.5. The third-order valence-corrected chi connectivity index (χ3v) is 5.28. The van der Waals surface area contributed by atoms with E-state index in [1.54, 1.807) is 0 Å². The fourth-order valence-electron chi connectivity index (χ4n) is 3.66. The second-order valence-electron chi connectivity index (χ2n) is 7.63. The fraction of sp³-hybridized carbons (Fsp3) is 0. The van der Waals surface area contributed by atoms with Crippen molar-refractivity contribution in [1.29, 1.82) is 0 Å². The summed E-state index contributed by atoms with van der Waals surface area (Å²) in [6.45, 7) is 0. The van der Waals surface area contributed by atoms with Crippen molar-refractivity contribution in [3.63, 3.8) is 0 Å². The SMILES string of the molecule is [CH3-].[Cl-].[Cl-].[Zr+2].[c-]1ccccc1.[c-]1ccccc1.c1ccc2[cH-]ccc2c1.c1ccc2c(c1)[cH-]c1ccccc12. The molecular formula is C35H29Cl2Zr-5. The fourth-order valence-corrected chi connectivity index (χ4v) is 3.66. The van der Waals surface area contributed by atoms with E-state index < -0.39 is 0 Å². The minimum absolute atomic E-state index is 0. The molecule has 0 saturated heterocycles. The number of hydrogen-bond donors (Lipinski definition) is 0. The van der Waals surface area contributed by atoms with Crippen LogP contribution in [0.4, 0.5) is 0 Å². The third kappa shape index (κ3) is 10.8. The van der Waals surface area contributed by atoms with E-state index in [0.717, 1.165) is 0 Å². The van der Waals surface area contributed by atoms with Gasteiger partial charge in [-0.15, -0.1) is 69.4 Å². The van der Waals surface area contributed by atoms with Crippen molar-refractivity contribution in [3.05, 3.63) is 177 Å². The van der Waals surface area contributed by atoms with E-state index in [-0.39, 0.29) is 58.4 Å². The van der Waals surface area contributed by atoms with Gasteiger partial charge >= 0.3 is 26.2 Å². The molecular weight excluding hydrogens is 583 g/mol. The monoisotopic (exact) mass is 609 g/mol. The molecule has 0 atom stereocenters. The molecule has 0 amide bonds. The molecule has 0 unspecified atom stereocenters. The summed E-state index contributed by atoms with van der Waals surface area (Å²) in [5, 5.41) is 8.05. The van der Waals surface area contributed by atoms with Crippen LogP contribution >= 0.6 is 0 Å². The Morgan fingerprint density at radius 2 is 0.868 bits per heavy atom. The zero-order chi connectivity index (χ0) is 23.3. The number of benzene rings is 5. The van der Waals surface area contributed by atoms with Crippen LogP contribution in [0.3, 0.4) is 0 Å². The van der Waals surface area contributed by atoms with Crippen molar-refractivity contribution < 1.29 is 51.0 Å². The molecule has 0 radical (unpaired) electrons. The summed E-state index contributed by atoms with van der Waals surface area (Å²) in [4.78, 5) is 0. The first kappa shape index (κ1) is 35.0. The van der Waals surface area contributed by atoms with Crippen LogP contribution in [0.15, 0.2) is 158 Å². The zero-order valence-electron chi connectivity index (χ0n) is 21.3. The van der Waals surface area contributed by atoms with Crippen molar-refractivity contribution in [1.82, 2.24) is 0 Å². The van der Waals surface area contributed by atoms with Crippen molar-refractivity contribution in [2.24, 2.45) is 0 Å². The molecule has 0 bridgehead atoms. The predicted molar refractivity (Wildman–Crippen MR) is 154 cm³/mol. The van der Waals surface area contributed by atoms with Crippen molar-refractivity contribution in [2.75, 3.05) is 0 Å². The number of halogens is 2. The Morgan fingerprint density at radius 1 is 0.447 bits per heavy atom. The van der Waals surface area contributed by atoms with Gasteiger partial charge in [0.2, 0.25) is 0 Å². The summed E-state index contributed by atoms with van der Waals surface area (Å²) < 4.78 is 0. The van der Waals surface area contributed by atoms with E-state index in [1.165, 1.54) is 32.3 Å². The van der Waals surface area contributed by atoms with Gasteiger partial charge in [-0.2, -0.15) is 90.3 Å². The normalized spacial score (nSPS) is 8.74. The van der Waals surface area contributed by atoms with Crippen LogP contribution in [0.5, 0.6) is 0 Å². The van der Waals surface area contributed by atoms with Gasteiger partial charge in [0.15, 0.2) is 0 Å². The number of hydrogen-bond acceptors (Lipinski definition) is 0. The minimum atomic E-state index is 0. The molecule has 192 valence electrons. The second-order valence-corrected chi connectivity index (χ2v) is 7.63. The summed E-state index contributed by atoms with van der Waals surface area (Å²) in [6.07, 6.45) is 0. The van der Waals surface area contributed by atoms with Crippen LogP contribution in [-0.2, 0) is 26.2 Å². The Hall–Kier alpha value is -2.96. The van der Waals surface area contributed by atoms with Gasteiger partial charge in [0.05, 0.1) is 0 Å². The summed E-state index contributed by atoms with van der Waals surface area (Å²) >= 11 is 0. The molecule has 3 heteroatoms. The number of rotatable bonds is 0. The summed E-state index contributed by atoms with van der Waals surface area (Å²) in [6, 6.07) is 58.9. The van der Waals surface area contributed by atoms with Gasteiger partial charge in [-0.05, 0) is 0 Å². The molecule has 0 aliphatic heterocycles. The topological polar surface area (TPSA) is 0 Å². The molecule has 0 heterocycles. The van der Waals surface area contributed by atoms with Crippen LogP contribution in [0.2, 0.25) is 0 Å². The van der Waals surface area contributed by atoms with Gasteiger partial charge in [-0.25, -0.2) is 0 Å². The molecule has 0 nitrogen and oxygen atoms in total. The van der Waals surface area contributed by atoms with E-state index >= 15 is 0 Å². The van der Waals surface area contributed by atoms with Crippen LogP contribution in [0, 0.1) is 19.6 Å². The first-order chi connectivity index (χ1) is 16.9. The van der Waals surface area contributed by atoms with E-state index in [2.05, 4.69) is 109 Å². The minimum Gasteiger partial charge on any atom is -1.00 e. The molecule has 7 aromatic carbocycles. The molecule has 0 spiro atoms. The molecule has 7 aromatic rings. The van der Waals surface area contributed by atoms with Crippen LogP contribution < -0.4 is 24.8 Å². The molecule has 0 aliphatic rings. The molecule has 7 rings (SSSR count). The predicted octanol–water partition coefficient (Wildman–Crippen LogP) is 3.70. The largest absolute Gasteiger partial charge is 2.00 e. The molecule has 0 fully saturated rings. The first-order valence-electron chi connectivity index (χ1n) is 11.4. The van der Waals surface area contributed by atoms with Crippen LogP contribution in [0.25, 0.3) is 32.3 Å². The summed E-state index contributed by atoms with van der Waals surface area (Å²) in [7, 11) is 0. The van der Waals surface area contributed by atoms with E-state index in [1.807, 2.05) is 60.7 Å². The Labute approximate surface area is 259 Å². The maximum absolute atomic E-state index is 2.89. The molecule has 38 heavy (non-hydrogen) atoms. The van der Waals surface area contributed by atoms with E-state index in [0.29, 0.717) is 0 Å². The van der Waals surface area contributed by atoms with Crippen molar-refractivity contribution >= 4 is 32.3 Å². The average molecular weight is 612 g/mol. The Balaban J connectivity index is 0.000000488. The number of fused-ring (bicyclic) bond motifs is 4. The Morgan fingerprint density at radius 3 is 1.26 bits per heavy atom. The molecule has 0 aromatic heterocycles. The van der Waals surface area contributed by atoms with E-state index in [9.17, 15) is 0 Å². The quantitative estimate of drug-likeness (QED) is 0.230. The smallest absolute Gasteiger partial charge is 1.00 e. The summed E-state index contributed by atoms with van der Waals surface area (Å²) in [5.74, 6) is 0. The maximum Gasteiger partial charge on any atom is 2.00 e. The van der Waals surface area contributed by atoms with Crippen LogP contribution in [0.1, 0.15) is 0 Å². The van der Waals surface area contributed by atoms with Gasteiger partial charge < -0.3 is 32.2 Å². The maximum atomic E-state index is 2.89. The summed E-state index contributed by atoms with van der Waals surface area (Å²) in [5.41, 5.74) is 0. The van der Waals surface area contributed by atoms with Gasteiger partial charge in [0.1, 0.15) is 0 Å². The van der Waals surface area contributed by atoms with Crippen LogP contribution in [-0.4, -0.2) is 0 Å². The molecule has 0 aliphatic carbocycles. The van der Waals surface area contributed by atoms with Gasteiger partial charge in [-0.3, -0.25) is 0 Å². The van der Waals surface area contributed by atoms with Crippen molar-refractivity contribution in [2.45, 2.75) is 0 Å². The van der Waals surface area contributed by atoms with Gasteiger partial charge in [0.25, 0.3) is 0 Å². The average Bonchev–Trinajstić information content (AvgIpc) is 3.57. The second kappa shape index (κ2) is 20.1. The molecule has 0 N–H and O–H groups in total. The Bertz CT molecular complexity index is 1340. The van der Waals surface area contributed by atoms with E-state index in [4.69, 9.17) is 0 Å². The molecule has 0 saturated carbocycles. The first-order valence-corrected chi connectivity index (χ1v) is 11.4.